The summed E-state index contributed by atoms with van der Waals surface area (Å²) in [5.41, 5.74) is 2.49. The van der Waals surface area contributed by atoms with Gasteiger partial charge in [-0.15, -0.1) is 0 Å². The molecule has 0 amide bonds. The summed E-state index contributed by atoms with van der Waals surface area (Å²) >= 11 is 6.58. The van der Waals surface area contributed by atoms with Crippen molar-refractivity contribution in [1.29, 1.82) is 0 Å². The standard InChI is InChI=1S/C29H25ClFN3O5/c1-16-10-19(31)4-6-21(16)26-22(27(39-33-26)17-2-3-17)13-38-20-5-7-23(24(30)12-20)29(37)14-34(15-29)25-11-18(28(35)36)8-9-32-25/h4-12,17,37H,2-3,13-15H2,1H3,(H,35,36). The molecule has 2 fully saturated rings. The maximum atomic E-state index is 13.7. The molecule has 0 atom stereocenters. The van der Waals surface area contributed by atoms with E-state index in [4.69, 9.17) is 20.9 Å². The molecule has 10 heteroatoms. The number of β-amino-alcohol motifs (C(OH)–C–C–N with tert-alkyl or cyclic N) is 1. The van der Waals surface area contributed by atoms with Crippen LogP contribution in [0.2, 0.25) is 5.02 Å². The number of carboxylic acids is 1. The van der Waals surface area contributed by atoms with Gasteiger partial charge in [-0.1, -0.05) is 22.8 Å². The number of anilines is 1. The monoisotopic (exact) mass is 549 g/mol. The first-order chi connectivity index (χ1) is 18.7. The van der Waals surface area contributed by atoms with Crippen LogP contribution in [-0.4, -0.2) is 39.4 Å². The molecule has 6 rings (SSSR count). The van der Waals surface area contributed by atoms with E-state index in [1.165, 1.54) is 30.5 Å². The highest BCUT2D eigenvalue weighted by Crippen LogP contribution is 2.45. The average molecular weight is 550 g/mol. The van der Waals surface area contributed by atoms with Crippen molar-refractivity contribution < 1.29 is 28.7 Å². The number of hydrogen-bond donors (Lipinski definition) is 2. The first kappa shape index (κ1) is 25.3. The largest absolute Gasteiger partial charge is 0.489 e. The number of benzene rings is 2. The van der Waals surface area contributed by atoms with Gasteiger partial charge in [-0.25, -0.2) is 14.2 Å². The number of aryl methyl sites for hydroxylation is 1. The Morgan fingerprint density at radius 1 is 1.21 bits per heavy atom. The third-order valence-electron chi connectivity index (χ3n) is 7.26. The quantitative estimate of drug-likeness (QED) is 0.288. The molecule has 0 bridgehead atoms. The van der Waals surface area contributed by atoms with Gasteiger partial charge in [0.1, 0.15) is 41.0 Å². The van der Waals surface area contributed by atoms with Crippen molar-refractivity contribution in [3.63, 3.8) is 0 Å². The highest BCUT2D eigenvalue weighted by Gasteiger charge is 2.44. The molecule has 4 aromatic rings. The van der Waals surface area contributed by atoms with Gasteiger partial charge in [0.05, 0.1) is 29.2 Å². The summed E-state index contributed by atoms with van der Waals surface area (Å²) in [5, 5.41) is 25.1. The van der Waals surface area contributed by atoms with E-state index in [0.717, 1.165) is 35.3 Å². The molecule has 2 aliphatic rings. The molecule has 8 nitrogen and oxygen atoms in total. The normalized spacial score (nSPS) is 16.2. The Balaban J connectivity index is 1.18. The molecule has 1 aliphatic heterocycles. The molecular formula is C29H25ClFN3O5. The van der Waals surface area contributed by atoms with Crippen molar-refractivity contribution in [2.45, 2.75) is 37.9 Å². The Kier molecular flexibility index (Phi) is 6.28. The molecule has 1 saturated heterocycles. The lowest BCUT2D eigenvalue weighted by Crippen LogP contribution is -2.60. The second-order valence-corrected chi connectivity index (χ2v) is 10.5. The smallest absolute Gasteiger partial charge is 0.335 e. The Hall–Kier alpha value is -3.95. The van der Waals surface area contributed by atoms with E-state index in [1.807, 2.05) is 6.92 Å². The van der Waals surface area contributed by atoms with E-state index in [2.05, 4.69) is 10.1 Å². The molecule has 2 aromatic carbocycles. The summed E-state index contributed by atoms with van der Waals surface area (Å²) in [7, 11) is 0. The minimum absolute atomic E-state index is 0.130. The van der Waals surface area contributed by atoms with Crippen LogP contribution in [0.1, 0.15) is 51.6 Å². The van der Waals surface area contributed by atoms with E-state index in [0.29, 0.717) is 33.8 Å². The highest BCUT2D eigenvalue weighted by molar-refractivity contribution is 6.31. The first-order valence-electron chi connectivity index (χ1n) is 12.6. The van der Waals surface area contributed by atoms with Crippen LogP contribution >= 0.6 is 11.6 Å². The fraction of sp³-hybridized carbons (Fsp3) is 0.276. The van der Waals surface area contributed by atoms with E-state index in [1.54, 1.807) is 29.2 Å². The number of rotatable bonds is 8. The van der Waals surface area contributed by atoms with E-state index >= 15 is 0 Å². The number of ether oxygens (including phenoxy) is 1. The zero-order valence-corrected chi connectivity index (χ0v) is 21.8. The minimum Gasteiger partial charge on any atom is -0.489 e. The van der Waals surface area contributed by atoms with Crippen molar-refractivity contribution in [1.82, 2.24) is 10.1 Å². The number of aromatic carboxylic acids is 1. The zero-order valence-electron chi connectivity index (χ0n) is 21.0. The fourth-order valence-electron chi connectivity index (χ4n) is 4.99. The molecule has 0 radical (unpaired) electrons. The molecular weight excluding hydrogens is 525 g/mol. The lowest BCUT2D eigenvalue weighted by Gasteiger charge is -2.47. The van der Waals surface area contributed by atoms with Gasteiger partial charge < -0.3 is 24.4 Å². The maximum absolute atomic E-state index is 13.7. The number of carbonyl (C=O) groups is 1. The summed E-state index contributed by atoms with van der Waals surface area (Å²) < 4.78 is 25.5. The van der Waals surface area contributed by atoms with Gasteiger partial charge in [0, 0.05) is 23.2 Å². The molecule has 2 aromatic heterocycles. The predicted octanol–water partition coefficient (Wildman–Crippen LogP) is 5.70. The number of aromatic nitrogens is 2. The lowest BCUT2D eigenvalue weighted by molar-refractivity contribution is 0.00712. The molecule has 3 heterocycles. The Morgan fingerprint density at radius 3 is 2.69 bits per heavy atom. The lowest BCUT2D eigenvalue weighted by atomic mass is 9.86. The van der Waals surface area contributed by atoms with Crippen LogP contribution in [0.25, 0.3) is 11.3 Å². The SMILES string of the molecule is Cc1cc(F)ccc1-c1noc(C2CC2)c1COc1ccc(C2(O)CN(c3cc(C(=O)O)ccn3)C2)c(Cl)c1. The van der Waals surface area contributed by atoms with E-state index < -0.39 is 11.6 Å². The number of carboxylic acid groups (broad SMARTS) is 1. The second kappa shape index (κ2) is 9.66. The van der Waals surface area contributed by atoms with Crippen molar-refractivity contribution in [2.24, 2.45) is 0 Å². The van der Waals surface area contributed by atoms with Gasteiger partial charge in [-0.05, 0) is 67.8 Å². The van der Waals surface area contributed by atoms with Gasteiger partial charge >= 0.3 is 5.97 Å². The molecule has 1 aliphatic carbocycles. The Labute approximate surface area is 228 Å². The summed E-state index contributed by atoms with van der Waals surface area (Å²) in [5.74, 6) is 0.741. The zero-order chi connectivity index (χ0) is 27.3. The van der Waals surface area contributed by atoms with Gasteiger partial charge in [0.15, 0.2) is 0 Å². The maximum Gasteiger partial charge on any atom is 0.335 e. The molecule has 200 valence electrons. The Morgan fingerprint density at radius 2 is 2.00 bits per heavy atom. The molecule has 0 spiro atoms. The van der Waals surface area contributed by atoms with Gasteiger partial charge in [0.2, 0.25) is 0 Å². The second-order valence-electron chi connectivity index (χ2n) is 10.1. The van der Waals surface area contributed by atoms with Crippen molar-refractivity contribution in [3.05, 3.63) is 93.6 Å². The summed E-state index contributed by atoms with van der Waals surface area (Å²) in [6.07, 6.45) is 3.48. The Bertz CT molecular complexity index is 1580. The van der Waals surface area contributed by atoms with Gasteiger partial charge in [-0.3, -0.25) is 0 Å². The number of hydrogen-bond acceptors (Lipinski definition) is 7. The van der Waals surface area contributed by atoms with Crippen molar-refractivity contribution in [3.8, 4) is 17.0 Å². The summed E-state index contributed by atoms with van der Waals surface area (Å²) in [4.78, 5) is 17.3. The van der Waals surface area contributed by atoms with E-state index in [9.17, 15) is 19.4 Å². The number of aliphatic hydroxyl groups is 1. The van der Waals surface area contributed by atoms with Crippen LogP contribution in [0, 0.1) is 12.7 Å². The first-order valence-corrected chi connectivity index (χ1v) is 12.9. The van der Waals surface area contributed by atoms with Crippen LogP contribution in [0.3, 0.4) is 0 Å². The molecule has 39 heavy (non-hydrogen) atoms. The molecule has 2 N–H and O–H groups in total. The molecule has 0 unspecified atom stereocenters. The predicted molar refractivity (Wildman–Crippen MR) is 142 cm³/mol. The molecule has 1 saturated carbocycles. The van der Waals surface area contributed by atoms with Crippen molar-refractivity contribution >= 4 is 23.4 Å². The van der Waals surface area contributed by atoms with E-state index in [-0.39, 0.29) is 31.1 Å². The number of halogens is 2. The van der Waals surface area contributed by atoms with Crippen LogP contribution in [0.5, 0.6) is 5.75 Å². The van der Waals surface area contributed by atoms with Crippen LogP contribution in [0.4, 0.5) is 10.2 Å². The van der Waals surface area contributed by atoms with Crippen molar-refractivity contribution in [2.75, 3.05) is 18.0 Å². The minimum atomic E-state index is -1.21. The third-order valence-corrected chi connectivity index (χ3v) is 7.57. The van der Waals surface area contributed by atoms with Gasteiger partial charge in [-0.2, -0.15) is 0 Å². The topological polar surface area (TPSA) is 109 Å². The van der Waals surface area contributed by atoms with Gasteiger partial charge in [0.25, 0.3) is 0 Å². The third kappa shape index (κ3) is 4.84. The van der Waals surface area contributed by atoms with Crippen LogP contribution in [-0.2, 0) is 12.2 Å². The summed E-state index contributed by atoms with van der Waals surface area (Å²) in [6.45, 7) is 2.46. The van der Waals surface area contributed by atoms with Crippen LogP contribution < -0.4 is 9.64 Å². The average Bonchev–Trinajstić information content (AvgIpc) is 3.65. The highest BCUT2D eigenvalue weighted by atomic mass is 35.5. The van der Waals surface area contributed by atoms with Crippen LogP contribution in [0.15, 0.2) is 59.3 Å². The fourth-order valence-corrected chi connectivity index (χ4v) is 5.34. The number of pyridine rings is 1. The number of nitrogens with zero attached hydrogens (tertiary/aromatic N) is 3. The summed E-state index contributed by atoms with van der Waals surface area (Å²) in [6, 6.07) is 12.6.